The Labute approximate surface area is 130 Å². The third-order valence-electron chi connectivity index (χ3n) is 4.38. The predicted octanol–water partition coefficient (Wildman–Crippen LogP) is 3.90. The Kier molecular flexibility index (Phi) is 3.73. The highest BCUT2D eigenvalue weighted by Gasteiger charge is 2.44. The fraction of sp³-hybridized carbons (Fsp3) is 0.316. The van der Waals surface area contributed by atoms with E-state index in [1.165, 1.54) is 12.1 Å². The van der Waals surface area contributed by atoms with E-state index < -0.39 is 0 Å². The number of aryl methyl sites for hydroxylation is 2. The lowest BCUT2D eigenvalue weighted by atomic mass is 9.95. The second kappa shape index (κ2) is 5.56. The predicted molar refractivity (Wildman–Crippen MR) is 85.6 cm³/mol. The van der Waals surface area contributed by atoms with E-state index in [0.717, 1.165) is 29.5 Å². The van der Waals surface area contributed by atoms with Crippen LogP contribution in [-0.4, -0.2) is 12.5 Å². The highest BCUT2D eigenvalue weighted by atomic mass is 19.1. The van der Waals surface area contributed by atoms with Gasteiger partial charge in [-0.25, -0.2) is 4.39 Å². The normalized spacial score (nSPS) is 15.4. The van der Waals surface area contributed by atoms with Crippen LogP contribution in [0, 0.1) is 19.7 Å². The van der Waals surface area contributed by atoms with Crippen LogP contribution in [-0.2, 0) is 5.41 Å². The lowest BCUT2D eigenvalue weighted by Crippen LogP contribution is -2.32. The standard InChI is InChI=1S/C19H20FNO/c1-13-9-14(2)11-15(10-13)18(22)21-12-19(7-8-19)16-3-5-17(20)6-4-16/h3-6,9-11H,7-8,12H2,1-2H3,(H,21,22). The minimum absolute atomic E-state index is 0.0117. The van der Waals surface area contributed by atoms with Crippen molar-refractivity contribution in [3.8, 4) is 0 Å². The van der Waals surface area contributed by atoms with Gasteiger partial charge in [0.25, 0.3) is 5.91 Å². The maximum Gasteiger partial charge on any atom is 0.251 e. The molecular formula is C19H20FNO. The number of benzene rings is 2. The molecule has 0 radical (unpaired) electrons. The molecular weight excluding hydrogens is 277 g/mol. The number of amides is 1. The Morgan fingerprint density at radius 3 is 2.23 bits per heavy atom. The van der Waals surface area contributed by atoms with E-state index in [4.69, 9.17) is 0 Å². The molecule has 1 fully saturated rings. The summed E-state index contributed by atoms with van der Waals surface area (Å²) >= 11 is 0. The van der Waals surface area contributed by atoms with Gasteiger partial charge in [-0.15, -0.1) is 0 Å². The van der Waals surface area contributed by atoms with Crippen LogP contribution in [0.2, 0.25) is 0 Å². The van der Waals surface area contributed by atoms with Gasteiger partial charge in [-0.05, 0) is 56.5 Å². The average molecular weight is 297 g/mol. The lowest BCUT2D eigenvalue weighted by molar-refractivity contribution is 0.0949. The van der Waals surface area contributed by atoms with Gasteiger partial charge in [0.2, 0.25) is 0 Å². The summed E-state index contributed by atoms with van der Waals surface area (Å²) in [5.74, 6) is -0.265. The molecule has 3 heteroatoms. The van der Waals surface area contributed by atoms with Crippen LogP contribution >= 0.6 is 0 Å². The summed E-state index contributed by atoms with van der Waals surface area (Å²) in [5, 5.41) is 3.04. The van der Waals surface area contributed by atoms with Crippen molar-refractivity contribution in [3.63, 3.8) is 0 Å². The van der Waals surface area contributed by atoms with Gasteiger partial charge in [0.1, 0.15) is 5.82 Å². The Morgan fingerprint density at radius 1 is 1.09 bits per heavy atom. The SMILES string of the molecule is Cc1cc(C)cc(C(=O)NCC2(c3ccc(F)cc3)CC2)c1. The van der Waals surface area contributed by atoms with E-state index in [9.17, 15) is 9.18 Å². The largest absolute Gasteiger partial charge is 0.351 e. The summed E-state index contributed by atoms with van der Waals surface area (Å²) in [6.45, 7) is 4.58. The fourth-order valence-electron chi connectivity index (χ4n) is 2.98. The summed E-state index contributed by atoms with van der Waals surface area (Å²) in [7, 11) is 0. The van der Waals surface area contributed by atoms with Gasteiger partial charge in [0.05, 0.1) is 0 Å². The van der Waals surface area contributed by atoms with Crippen LogP contribution < -0.4 is 5.32 Å². The number of hydrogen-bond acceptors (Lipinski definition) is 1. The summed E-state index contributed by atoms with van der Waals surface area (Å²) in [6.07, 6.45) is 2.07. The highest BCUT2D eigenvalue weighted by molar-refractivity contribution is 5.94. The molecule has 0 unspecified atom stereocenters. The van der Waals surface area contributed by atoms with E-state index in [-0.39, 0.29) is 17.1 Å². The van der Waals surface area contributed by atoms with Gasteiger partial charge in [0.15, 0.2) is 0 Å². The van der Waals surface area contributed by atoms with Crippen LogP contribution in [0.15, 0.2) is 42.5 Å². The molecule has 3 rings (SSSR count). The van der Waals surface area contributed by atoms with Crippen LogP contribution in [0.1, 0.15) is 39.9 Å². The van der Waals surface area contributed by atoms with Gasteiger partial charge in [-0.2, -0.15) is 0 Å². The average Bonchev–Trinajstić information content (AvgIpc) is 3.25. The summed E-state index contributed by atoms with van der Waals surface area (Å²) in [5.41, 5.74) is 3.97. The van der Waals surface area contributed by atoms with Crippen LogP contribution in [0.3, 0.4) is 0 Å². The molecule has 0 aliphatic heterocycles. The molecule has 1 N–H and O–H groups in total. The van der Waals surface area contributed by atoms with Crippen molar-refractivity contribution in [2.24, 2.45) is 0 Å². The first-order valence-corrected chi connectivity index (χ1v) is 7.61. The number of nitrogens with one attached hydrogen (secondary N) is 1. The molecule has 0 bridgehead atoms. The lowest BCUT2D eigenvalue weighted by Gasteiger charge is -2.17. The van der Waals surface area contributed by atoms with E-state index in [1.54, 1.807) is 0 Å². The minimum atomic E-state index is -0.223. The van der Waals surface area contributed by atoms with E-state index in [2.05, 4.69) is 11.4 Å². The molecule has 1 aliphatic carbocycles. The Bertz CT molecular complexity index is 682. The quantitative estimate of drug-likeness (QED) is 0.911. The molecule has 114 valence electrons. The second-order valence-electron chi connectivity index (χ2n) is 6.35. The molecule has 0 spiro atoms. The Hall–Kier alpha value is -2.16. The third-order valence-corrected chi connectivity index (χ3v) is 4.38. The molecule has 2 aromatic rings. The Morgan fingerprint density at radius 2 is 1.68 bits per heavy atom. The zero-order valence-corrected chi connectivity index (χ0v) is 12.9. The number of carbonyl (C=O) groups excluding carboxylic acids is 1. The summed E-state index contributed by atoms with van der Waals surface area (Å²) in [4.78, 5) is 12.3. The van der Waals surface area contributed by atoms with Crippen molar-refractivity contribution in [1.82, 2.24) is 5.32 Å². The molecule has 22 heavy (non-hydrogen) atoms. The van der Waals surface area contributed by atoms with Crippen molar-refractivity contribution >= 4 is 5.91 Å². The minimum Gasteiger partial charge on any atom is -0.351 e. The monoisotopic (exact) mass is 297 g/mol. The highest BCUT2D eigenvalue weighted by Crippen LogP contribution is 2.47. The zero-order chi connectivity index (χ0) is 15.7. The molecule has 0 atom stereocenters. The first kappa shape index (κ1) is 14.8. The molecule has 0 heterocycles. The van der Waals surface area contributed by atoms with Gasteiger partial charge >= 0.3 is 0 Å². The van der Waals surface area contributed by atoms with Crippen molar-refractivity contribution in [2.45, 2.75) is 32.1 Å². The number of carbonyl (C=O) groups is 1. The van der Waals surface area contributed by atoms with E-state index in [0.29, 0.717) is 12.1 Å². The first-order chi connectivity index (χ1) is 10.5. The van der Waals surface area contributed by atoms with E-state index >= 15 is 0 Å². The van der Waals surface area contributed by atoms with Gasteiger partial charge < -0.3 is 5.32 Å². The van der Waals surface area contributed by atoms with Gasteiger partial charge in [-0.1, -0.05) is 29.3 Å². The molecule has 0 aromatic heterocycles. The van der Waals surface area contributed by atoms with Crippen molar-refractivity contribution in [1.29, 1.82) is 0 Å². The van der Waals surface area contributed by atoms with Crippen molar-refractivity contribution in [3.05, 3.63) is 70.5 Å². The number of rotatable bonds is 4. The third kappa shape index (κ3) is 3.03. The summed E-state index contributed by atoms with van der Waals surface area (Å²) < 4.78 is 13.0. The molecule has 2 nitrogen and oxygen atoms in total. The van der Waals surface area contributed by atoms with Crippen molar-refractivity contribution < 1.29 is 9.18 Å². The van der Waals surface area contributed by atoms with Gasteiger partial charge in [0, 0.05) is 17.5 Å². The Balaban J connectivity index is 1.69. The summed E-state index contributed by atoms with van der Waals surface area (Å²) in [6, 6.07) is 12.5. The number of hydrogen-bond donors (Lipinski definition) is 1. The van der Waals surface area contributed by atoms with Crippen molar-refractivity contribution in [2.75, 3.05) is 6.54 Å². The number of halogens is 1. The molecule has 2 aromatic carbocycles. The molecule has 1 amide bonds. The molecule has 1 aliphatic rings. The van der Waals surface area contributed by atoms with Crippen LogP contribution in [0.25, 0.3) is 0 Å². The fourth-order valence-corrected chi connectivity index (χ4v) is 2.98. The molecule has 1 saturated carbocycles. The maximum absolute atomic E-state index is 13.0. The van der Waals surface area contributed by atoms with Crippen LogP contribution in [0.5, 0.6) is 0 Å². The van der Waals surface area contributed by atoms with E-state index in [1.807, 2.05) is 38.1 Å². The topological polar surface area (TPSA) is 29.1 Å². The zero-order valence-electron chi connectivity index (χ0n) is 12.9. The molecule has 0 saturated heterocycles. The maximum atomic E-state index is 13.0. The smallest absolute Gasteiger partial charge is 0.251 e. The second-order valence-corrected chi connectivity index (χ2v) is 6.35. The van der Waals surface area contributed by atoms with Crippen LogP contribution in [0.4, 0.5) is 4.39 Å². The van der Waals surface area contributed by atoms with Gasteiger partial charge in [-0.3, -0.25) is 4.79 Å². The first-order valence-electron chi connectivity index (χ1n) is 7.61.